The maximum atomic E-state index is 9.00. The molecule has 1 rings (SSSR count). The Morgan fingerprint density at radius 1 is 1.26 bits per heavy atom. The van der Waals surface area contributed by atoms with Crippen LogP contribution < -0.4 is 0 Å². The van der Waals surface area contributed by atoms with E-state index in [-0.39, 0.29) is 0 Å². The molecular formula is C20H35NOS. The largest absolute Gasteiger partial charge is 0.396 e. The number of thiazole rings is 1. The molecular weight excluding hydrogens is 302 g/mol. The SMILES string of the molecule is C/C(=C/CC/C(C)=C/c1csc(C)n1)CCCC(C)CO.CC. The van der Waals surface area contributed by atoms with Crippen LogP contribution in [0.4, 0.5) is 0 Å². The Kier molecular flexibility index (Phi) is 13.0. The van der Waals surface area contributed by atoms with Gasteiger partial charge >= 0.3 is 0 Å². The molecule has 1 aromatic heterocycles. The Morgan fingerprint density at radius 3 is 2.52 bits per heavy atom. The second kappa shape index (κ2) is 13.5. The molecule has 0 aromatic carbocycles. The molecule has 0 radical (unpaired) electrons. The predicted octanol–water partition coefficient (Wildman–Crippen LogP) is 6.41. The summed E-state index contributed by atoms with van der Waals surface area (Å²) in [5.41, 5.74) is 3.95. The van der Waals surface area contributed by atoms with Gasteiger partial charge in [-0.2, -0.15) is 0 Å². The molecule has 0 saturated heterocycles. The van der Waals surface area contributed by atoms with E-state index in [1.807, 2.05) is 20.8 Å². The lowest BCUT2D eigenvalue weighted by molar-refractivity contribution is 0.228. The van der Waals surface area contributed by atoms with E-state index in [0.29, 0.717) is 12.5 Å². The summed E-state index contributed by atoms with van der Waals surface area (Å²) in [5.74, 6) is 0.435. The van der Waals surface area contributed by atoms with Gasteiger partial charge in [0.05, 0.1) is 10.7 Å². The van der Waals surface area contributed by atoms with Crippen LogP contribution in [0.1, 0.15) is 77.4 Å². The van der Waals surface area contributed by atoms with Crippen LogP contribution in [-0.2, 0) is 0 Å². The minimum atomic E-state index is 0.308. The molecule has 2 nitrogen and oxygen atoms in total. The van der Waals surface area contributed by atoms with E-state index < -0.39 is 0 Å². The van der Waals surface area contributed by atoms with Crippen molar-refractivity contribution in [2.75, 3.05) is 6.61 Å². The van der Waals surface area contributed by atoms with Crippen molar-refractivity contribution in [1.82, 2.24) is 4.98 Å². The number of aliphatic hydroxyl groups excluding tert-OH is 1. The van der Waals surface area contributed by atoms with Crippen molar-refractivity contribution in [3.8, 4) is 0 Å². The lowest BCUT2D eigenvalue weighted by Crippen LogP contribution is -1.99. The molecule has 0 fully saturated rings. The van der Waals surface area contributed by atoms with Crippen molar-refractivity contribution in [3.05, 3.63) is 33.3 Å². The summed E-state index contributed by atoms with van der Waals surface area (Å²) in [4.78, 5) is 4.47. The lowest BCUT2D eigenvalue weighted by atomic mass is 10.0. The first kappa shape index (κ1) is 22.1. The number of allylic oxidation sites excluding steroid dienone is 3. The van der Waals surface area contributed by atoms with Crippen molar-refractivity contribution in [1.29, 1.82) is 0 Å². The Labute approximate surface area is 147 Å². The smallest absolute Gasteiger partial charge is 0.0901 e. The summed E-state index contributed by atoms with van der Waals surface area (Å²) in [7, 11) is 0. The number of aromatic nitrogens is 1. The second-order valence-corrected chi connectivity index (χ2v) is 7.11. The molecule has 0 aliphatic heterocycles. The first-order valence-electron chi connectivity index (χ1n) is 8.87. The van der Waals surface area contributed by atoms with Crippen LogP contribution >= 0.6 is 11.3 Å². The molecule has 0 aliphatic carbocycles. The van der Waals surface area contributed by atoms with E-state index in [1.165, 1.54) is 17.6 Å². The number of nitrogens with zero attached hydrogens (tertiary/aromatic N) is 1. The summed E-state index contributed by atoms with van der Waals surface area (Å²) in [6, 6.07) is 0. The van der Waals surface area contributed by atoms with Crippen LogP contribution in [0.15, 0.2) is 22.6 Å². The van der Waals surface area contributed by atoms with E-state index in [9.17, 15) is 0 Å². The highest BCUT2D eigenvalue weighted by atomic mass is 32.1. The van der Waals surface area contributed by atoms with Gasteiger partial charge in [0.15, 0.2) is 0 Å². The molecule has 1 N–H and O–H groups in total. The van der Waals surface area contributed by atoms with Gasteiger partial charge in [-0.15, -0.1) is 11.3 Å². The number of hydrogen-bond acceptors (Lipinski definition) is 3. The summed E-state index contributed by atoms with van der Waals surface area (Å²) < 4.78 is 0. The summed E-state index contributed by atoms with van der Waals surface area (Å²) in [6.45, 7) is 12.9. The average Bonchev–Trinajstić information content (AvgIpc) is 2.94. The molecule has 0 bridgehead atoms. The summed E-state index contributed by atoms with van der Waals surface area (Å²) in [5, 5.41) is 12.2. The van der Waals surface area contributed by atoms with Gasteiger partial charge in [-0.25, -0.2) is 4.98 Å². The predicted molar refractivity (Wildman–Crippen MR) is 105 cm³/mol. The van der Waals surface area contributed by atoms with Gasteiger partial charge < -0.3 is 5.11 Å². The standard InChI is InChI=1S/C18H29NOS.C2H6/c1-14(8-6-10-16(3)12-20)7-5-9-15(2)11-18-13-21-17(4)19-18;1-2/h7,11,13,16,20H,5-6,8-10,12H2,1-4H3;1-2H3/b14-7-,15-11+;. The van der Waals surface area contributed by atoms with Crippen LogP contribution in [0, 0.1) is 12.8 Å². The van der Waals surface area contributed by atoms with E-state index in [1.54, 1.807) is 11.3 Å². The molecule has 0 spiro atoms. The minimum Gasteiger partial charge on any atom is -0.396 e. The number of hydrogen-bond donors (Lipinski definition) is 1. The Balaban J connectivity index is 0.00000232. The van der Waals surface area contributed by atoms with Crippen LogP contribution in [-0.4, -0.2) is 16.7 Å². The van der Waals surface area contributed by atoms with E-state index in [4.69, 9.17) is 5.11 Å². The molecule has 1 heterocycles. The topological polar surface area (TPSA) is 33.1 Å². The van der Waals surface area contributed by atoms with Crippen LogP contribution in [0.2, 0.25) is 0 Å². The molecule has 3 heteroatoms. The first-order valence-corrected chi connectivity index (χ1v) is 9.75. The zero-order chi connectivity index (χ0) is 17.7. The molecule has 0 amide bonds. The zero-order valence-corrected chi connectivity index (χ0v) is 16.7. The number of rotatable bonds is 9. The van der Waals surface area contributed by atoms with Crippen LogP contribution in [0.5, 0.6) is 0 Å². The molecule has 0 saturated carbocycles. The molecule has 132 valence electrons. The van der Waals surface area contributed by atoms with E-state index in [0.717, 1.165) is 36.4 Å². The maximum absolute atomic E-state index is 9.00. The van der Waals surface area contributed by atoms with Crippen molar-refractivity contribution >= 4 is 17.4 Å². The van der Waals surface area contributed by atoms with E-state index >= 15 is 0 Å². The third kappa shape index (κ3) is 11.3. The number of aryl methyl sites for hydroxylation is 1. The minimum absolute atomic E-state index is 0.308. The van der Waals surface area contributed by atoms with E-state index in [2.05, 4.69) is 43.3 Å². The normalized spacial score (nSPS) is 13.5. The first-order chi connectivity index (χ1) is 11.0. The van der Waals surface area contributed by atoms with Gasteiger partial charge in [0.25, 0.3) is 0 Å². The van der Waals surface area contributed by atoms with Gasteiger partial charge in [-0.1, -0.05) is 38.0 Å². The highest BCUT2D eigenvalue weighted by Gasteiger charge is 2.00. The lowest BCUT2D eigenvalue weighted by Gasteiger charge is -2.07. The number of aliphatic hydroxyl groups is 1. The molecule has 1 unspecified atom stereocenters. The van der Waals surface area contributed by atoms with Crippen LogP contribution in [0.25, 0.3) is 6.08 Å². The summed E-state index contributed by atoms with van der Waals surface area (Å²) >= 11 is 1.70. The van der Waals surface area contributed by atoms with Crippen LogP contribution in [0.3, 0.4) is 0 Å². The quantitative estimate of drug-likeness (QED) is 0.528. The maximum Gasteiger partial charge on any atom is 0.0901 e. The van der Waals surface area contributed by atoms with Crippen molar-refractivity contribution in [2.45, 2.75) is 73.6 Å². The second-order valence-electron chi connectivity index (χ2n) is 6.05. The van der Waals surface area contributed by atoms with Crippen molar-refractivity contribution in [3.63, 3.8) is 0 Å². The van der Waals surface area contributed by atoms with Gasteiger partial charge in [-0.05, 0) is 64.9 Å². The van der Waals surface area contributed by atoms with Gasteiger partial charge in [-0.3, -0.25) is 0 Å². The third-order valence-corrected chi connectivity index (χ3v) is 4.43. The third-order valence-electron chi connectivity index (χ3n) is 3.64. The zero-order valence-electron chi connectivity index (χ0n) is 15.9. The fourth-order valence-electron chi connectivity index (χ4n) is 2.24. The van der Waals surface area contributed by atoms with Gasteiger partial charge in [0.2, 0.25) is 0 Å². The molecule has 1 atom stereocenters. The Bertz CT molecular complexity index is 474. The molecule has 0 aliphatic rings. The fraction of sp³-hybridized carbons (Fsp3) is 0.650. The monoisotopic (exact) mass is 337 g/mol. The fourth-order valence-corrected chi connectivity index (χ4v) is 2.81. The summed E-state index contributed by atoms with van der Waals surface area (Å²) in [6.07, 6.45) is 10.2. The molecule has 23 heavy (non-hydrogen) atoms. The van der Waals surface area contributed by atoms with Crippen molar-refractivity contribution < 1.29 is 5.11 Å². The highest BCUT2D eigenvalue weighted by Crippen LogP contribution is 2.16. The Hall–Kier alpha value is -0.930. The molecule has 1 aromatic rings. The average molecular weight is 338 g/mol. The highest BCUT2D eigenvalue weighted by molar-refractivity contribution is 7.09. The Morgan fingerprint density at radius 2 is 1.96 bits per heavy atom. The van der Waals surface area contributed by atoms with Gasteiger partial charge in [0, 0.05) is 12.0 Å². The van der Waals surface area contributed by atoms with Gasteiger partial charge in [0.1, 0.15) is 0 Å². The van der Waals surface area contributed by atoms with Crippen molar-refractivity contribution in [2.24, 2.45) is 5.92 Å².